The van der Waals surface area contributed by atoms with Crippen LogP contribution in [0.15, 0.2) is 243 Å². The van der Waals surface area contributed by atoms with Crippen molar-refractivity contribution in [2.75, 3.05) is 0 Å². The Balaban J connectivity index is 1.09. The van der Waals surface area contributed by atoms with Gasteiger partial charge in [-0.05, 0) is 83.9 Å². The van der Waals surface area contributed by atoms with Crippen LogP contribution >= 0.6 is 0 Å². The van der Waals surface area contributed by atoms with Crippen LogP contribution in [0.5, 0.6) is 0 Å². The quantitative estimate of drug-likeness (QED) is 0.167. The van der Waals surface area contributed by atoms with Crippen molar-refractivity contribution < 1.29 is 0 Å². The zero-order valence-electron chi connectivity index (χ0n) is 39.8. The summed E-state index contributed by atoms with van der Waals surface area (Å²) >= 11 is 0. The van der Waals surface area contributed by atoms with Crippen molar-refractivity contribution in [3.8, 4) is 57.1 Å². The molecular formula is C68H40N6. The van der Waals surface area contributed by atoms with Gasteiger partial charge >= 0.3 is 0 Å². The molecule has 0 N–H and O–H groups in total. The predicted molar refractivity (Wildman–Crippen MR) is 304 cm³/mol. The van der Waals surface area contributed by atoms with Gasteiger partial charge in [0.1, 0.15) is 12.1 Å². The largest absolute Gasteiger partial charge is 0.309 e. The summed E-state index contributed by atoms with van der Waals surface area (Å²) in [6, 6.07) is 90.6. The fourth-order valence-electron chi connectivity index (χ4n) is 12.2. The predicted octanol–water partition coefficient (Wildman–Crippen LogP) is 17.2. The molecule has 0 radical (unpaired) electrons. The average molecular weight is 941 g/mol. The zero-order valence-corrected chi connectivity index (χ0v) is 39.8. The lowest BCUT2D eigenvalue weighted by atomic mass is 9.86. The fraction of sp³-hybridized carbons (Fsp3) is 0. The van der Waals surface area contributed by atoms with Gasteiger partial charge < -0.3 is 18.3 Å². The minimum absolute atomic E-state index is 0.416. The normalized spacial score (nSPS) is 11.8. The molecule has 11 aromatic carbocycles. The minimum atomic E-state index is 0.416. The Kier molecular flexibility index (Phi) is 8.99. The van der Waals surface area contributed by atoms with Crippen molar-refractivity contribution in [1.29, 1.82) is 10.5 Å². The van der Waals surface area contributed by atoms with Gasteiger partial charge in [-0.2, -0.15) is 10.5 Å². The lowest BCUT2D eigenvalue weighted by molar-refractivity contribution is 1.12. The first-order valence-corrected chi connectivity index (χ1v) is 24.9. The molecule has 0 saturated carbocycles. The van der Waals surface area contributed by atoms with E-state index in [9.17, 15) is 10.5 Å². The first kappa shape index (κ1) is 41.4. The van der Waals surface area contributed by atoms with Crippen molar-refractivity contribution >= 4 is 87.2 Å². The summed E-state index contributed by atoms with van der Waals surface area (Å²) in [6.45, 7) is 0. The SMILES string of the molecule is N#Cc1c(-c2ccccc2)c(C#N)c(-n2c3ccccc3c3cc(-n4c5ccccc5c5ccccc54)ccc32)c(-c2ccccc2)c1-n1c2ccccc2c2cc(-n3c4ccccc4c4ccccc43)ccc21. The van der Waals surface area contributed by atoms with E-state index in [1.165, 1.54) is 21.5 Å². The van der Waals surface area contributed by atoms with Crippen molar-refractivity contribution in [1.82, 2.24) is 18.3 Å². The van der Waals surface area contributed by atoms with E-state index < -0.39 is 0 Å². The molecule has 0 bridgehead atoms. The van der Waals surface area contributed by atoms with Crippen molar-refractivity contribution in [3.05, 3.63) is 254 Å². The maximum Gasteiger partial charge on any atom is 0.102 e. The maximum atomic E-state index is 11.9. The van der Waals surface area contributed by atoms with Crippen LogP contribution in [0.3, 0.4) is 0 Å². The van der Waals surface area contributed by atoms with E-state index in [1.807, 2.05) is 48.5 Å². The highest BCUT2D eigenvalue weighted by Gasteiger charge is 2.32. The smallest absolute Gasteiger partial charge is 0.102 e. The van der Waals surface area contributed by atoms with Crippen LogP contribution in [-0.2, 0) is 0 Å². The first-order valence-electron chi connectivity index (χ1n) is 24.9. The molecule has 6 heteroatoms. The molecule has 342 valence electrons. The Hall–Kier alpha value is -10.4. The van der Waals surface area contributed by atoms with E-state index in [2.05, 4.69) is 225 Å². The van der Waals surface area contributed by atoms with Gasteiger partial charge in [-0.3, -0.25) is 0 Å². The molecule has 4 heterocycles. The van der Waals surface area contributed by atoms with Gasteiger partial charge in [0.25, 0.3) is 0 Å². The standard InChI is InChI=1S/C68H40N6/c69-41-55-65(43-19-3-1-4-20-43)56(42-70)68(74-62-34-18-12-28-52(62)54-40-46(36-38-64(54)74)72-59-31-15-9-25-49(59)50-26-10-16-32-60(50)72)66(44-21-5-2-6-22-44)67(55)73-61-33-17-11-27-51(61)53-39-45(35-37-63(53)73)71-57-29-13-7-23-47(57)48-24-8-14-30-58(48)71/h1-40H. The second-order valence-electron chi connectivity index (χ2n) is 19.0. The second-order valence-corrected chi connectivity index (χ2v) is 19.0. The van der Waals surface area contributed by atoms with Gasteiger partial charge in [0, 0.05) is 65.6 Å². The molecule has 0 amide bonds. The van der Waals surface area contributed by atoms with Gasteiger partial charge in [0.15, 0.2) is 0 Å². The highest BCUT2D eigenvalue weighted by Crippen LogP contribution is 2.49. The highest BCUT2D eigenvalue weighted by atomic mass is 15.0. The Labute approximate surface area is 424 Å². The molecule has 6 nitrogen and oxygen atoms in total. The molecule has 74 heavy (non-hydrogen) atoms. The zero-order chi connectivity index (χ0) is 49.0. The Bertz CT molecular complexity index is 4540. The van der Waals surface area contributed by atoms with Gasteiger partial charge in [-0.25, -0.2) is 0 Å². The van der Waals surface area contributed by atoms with Crippen LogP contribution in [0.25, 0.3) is 132 Å². The lowest BCUT2D eigenvalue weighted by Gasteiger charge is -2.25. The number of aromatic nitrogens is 4. The van der Waals surface area contributed by atoms with Crippen molar-refractivity contribution in [2.24, 2.45) is 0 Å². The highest BCUT2D eigenvalue weighted by molar-refractivity contribution is 6.16. The minimum Gasteiger partial charge on any atom is -0.309 e. The van der Waals surface area contributed by atoms with Crippen LogP contribution in [-0.4, -0.2) is 18.3 Å². The summed E-state index contributed by atoms with van der Waals surface area (Å²) in [5.41, 5.74) is 15.7. The second kappa shape index (κ2) is 16.1. The Morgan fingerprint density at radius 1 is 0.243 bits per heavy atom. The van der Waals surface area contributed by atoms with Crippen LogP contribution in [0.4, 0.5) is 0 Å². The number of rotatable bonds is 6. The van der Waals surface area contributed by atoms with E-state index in [1.54, 1.807) is 0 Å². The molecule has 15 aromatic rings. The Morgan fingerprint density at radius 3 is 0.851 bits per heavy atom. The lowest BCUT2D eigenvalue weighted by Crippen LogP contribution is -2.11. The van der Waals surface area contributed by atoms with Crippen LogP contribution < -0.4 is 0 Å². The van der Waals surface area contributed by atoms with E-state index in [0.29, 0.717) is 28.1 Å². The summed E-state index contributed by atoms with van der Waals surface area (Å²) in [4.78, 5) is 0. The molecule has 0 aliphatic carbocycles. The number of hydrogen-bond acceptors (Lipinski definition) is 2. The maximum absolute atomic E-state index is 11.9. The summed E-state index contributed by atoms with van der Waals surface area (Å²) in [5.74, 6) is 0. The van der Waals surface area contributed by atoms with Crippen LogP contribution in [0.2, 0.25) is 0 Å². The number of fused-ring (bicyclic) bond motifs is 12. The van der Waals surface area contributed by atoms with Crippen LogP contribution in [0, 0.1) is 22.7 Å². The molecule has 0 aliphatic heterocycles. The van der Waals surface area contributed by atoms with Gasteiger partial charge in [0.2, 0.25) is 0 Å². The van der Waals surface area contributed by atoms with E-state index >= 15 is 0 Å². The molecule has 0 spiro atoms. The van der Waals surface area contributed by atoms with Gasteiger partial charge in [-0.1, -0.05) is 170 Å². The topological polar surface area (TPSA) is 67.3 Å². The van der Waals surface area contributed by atoms with Crippen LogP contribution in [0.1, 0.15) is 11.1 Å². The van der Waals surface area contributed by atoms with E-state index in [0.717, 1.165) is 93.7 Å². The molecule has 0 atom stereocenters. The third-order valence-corrected chi connectivity index (χ3v) is 15.2. The molecule has 0 fully saturated rings. The summed E-state index contributed by atoms with van der Waals surface area (Å²) in [6.07, 6.45) is 0. The third kappa shape index (κ3) is 5.79. The number of nitriles is 2. The summed E-state index contributed by atoms with van der Waals surface area (Å²) in [5, 5.41) is 32.8. The average Bonchev–Trinajstić information content (AvgIpc) is 4.20. The summed E-state index contributed by atoms with van der Waals surface area (Å²) in [7, 11) is 0. The Morgan fingerprint density at radius 2 is 0.514 bits per heavy atom. The number of benzene rings is 11. The number of hydrogen-bond donors (Lipinski definition) is 0. The molecule has 4 aromatic heterocycles. The molecular weight excluding hydrogens is 901 g/mol. The molecule has 15 rings (SSSR count). The van der Waals surface area contributed by atoms with E-state index in [4.69, 9.17) is 0 Å². The monoisotopic (exact) mass is 940 g/mol. The van der Waals surface area contributed by atoms with Crippen molar-refractivity contribution in [2.45, 2.75) is 0 Å². The van der Waals surface area contributed by atoms with Crippen molar-refractivity contribution in [3.63, 3.8) is 0 Å². The molecule has 0 saturated heterocycles. The molecule has 0 aliphatic rings. The number of para-hydroxylation sites is 6. The number of nitrogens with zero attached hydrogens (tertiary/aromatic N) is 6. The first-order chi connectivity index (χ1) is 36.7. The van der Waals surface area contributed by atoms with Gasteiger partial charge in [-0.15, -0.1) is 0 Å². The fourth-order valence-corrected chi connectivity index (χ4v) is 12.2. The molecule has 0 unspecified atom stereocenters. The summed E-state index contributed by atoms with van der Waals surface area (Å²) < 4.78 is 9.28. The van der Waals surface area contributed by atoms with E-state index in [-0.39, 0.29) is 0 Å². The third-order valence-electron chi connectivity index (χ3n) is 15.2. The van der Waals surface area contributed by atoms with Gasteiger partial charge in [0.05, 0.1) is 66.6 Å².